The van der Waals surface area contributed by atoms with Crippen molar-refractivity contribution < 1.29 is 22.8 Å². The predicted molar refractivity (Wildman–Crippen MR) is 75.8 cm³/mol. The fourth-order valence-electron chi connectivity index (χ4n) is 1.83. The normalized spacial score (nSPS) is 13.6. The molecule has 0 aliphatic rings. The van der Waals surface area contributed by atoms with Crippen LogP contribution in [0.15, 0.2) is 0 Å². The molecule has 0 N–H and O–H groups in total. The SMILES string of the molecule is CCO[Si](CC(OC(C)=O)C(C)C)(OCC)OCC. The van der Waals surface area contributed by atoms with Crippen LogP contribution in [0.25, 0.3) is 0 Å². The molecule has 0 spiro atoms. The maximum atomic E-state index is 11.2. The lowest BCUT2D eigenvalue weighted by molar-refractivity contribution is -0.148. The van der Waals surface area contributed by atoms with Crippen LogP contribution in [-0.4, -0.2) is 40.7 Å². The van der Waals surface area contributed by atoms with Crippen molar-refractivity contribution in [3.8, 4) is 0 Å². The van der Waals surface area contributed by atoms with Crippen molar-refractivity contribution >= 4 is 14.8 Å². The van der Waals surface area contributed by atoms with Gasteiger partial charge in [-0.2, -0.15) is 0 Å². The molecular weight excluding hydrogens is 264 g/mol. The smallest absolute Gasteiger partial charge is 0.462 e. The van der Waals surface area contributed by atoms with E-state index in [1.807, 2.05) is 34.6 Å². The van der Waals surface area contributed by atoms with E-state index >= 15 is 0 Å². The Morgan fingerprint density at radius 2 is 1.42 bits per heavy atom. The molecule has 1 unspecified atom stereocenters. The zero-order valence-electron chi connectivity index (χ0n) is 13.0. The highest BCUT2D eigenvalue weighted by atomic mass is 28.4. The van der Waals surface area contributed by atoms with Gasteiger partial charge in [0.2, 0.25) is 0 Å². The summed E-state index contributed by atoms with van der Waals surface area (Å²) in [6.07, 6.45) is -0.242. The number of hydrogen-bond donors (Lipinski definition) is 0. The predicted octanol–water partition coefficient (Wildman–Crippen LogP) is 2.62. The molecule has 0 aromatic rings. The average Bonchev–Trinajstić information content (AvgIpc) is 2.28. The van der Waals surface area contributed by atoms with Crippen LogP contribution in [0, 0.1) is 5.92 Å². The Hall–Kier alpha value is -0.433. The van der Waals surface area contributed by atoms with E-state index < -0.39 is 8.80 Å². The van der Waals surface area contributed by atoms with Crippen molar-refractivity contribution in [2.24, 2.45) is 5.92 Å². The van der Waals surface area contributed by atoms with Crippen LogP contribution in [0.5, 0.6) is 0 Å². The van der Waals surface area contributed by atoms with Gasteiger partial charge in [0.1, 0.15) is 6.10 Å². The summed E-state index contributed by atoms with van der Waals surface area (Å²) in [5.74, 6) is -0.0942. The van der Waals surface area contributed by atoms with Gasteiger partial charge in [-0.05, 0) is 26.7 Å². The van der Waals surface area contributed by atoms with Crippen LogP contribution in [0.4, 0.5) is 0 Å². The summed E-state index contributed by atoms with van der Waals surface area (Å²) in [5.41, 5.74) is 0. The van der Waals surface area contributed by atoms with Gasteiger partial charge in [0, 0.05) is 26.7 Å². The van der Waals surface area contributed by atoms with E-state index in [1.54, 1.807) is 0 Å². The molecule has 6 heteroatoms. The van der Waals surface area contributed by atoms with Crippen LogP contribution < -0.4 is 0 Å². The minimum Gasteiger partial charge on any atom is -0.462 e. The van der Waals surface area contributed by atoms with Crippen molar-refractivity contribution in [2.45, 2.75) is 53.7 Å². The maximum absolute atomic E-state index is 11.2. The highest BCUT2D eigenvalue weighted by molar-refractivity contribution is 6.60. The molecular formula is C13H28O5Si. The molecule has 0 fully saturated rings. The molecule has 0 bridgehead atoms. The fraction of sp³-hybridized carbons (Fsp3) is 0.923. The molecule has 1 atom stereocenters. The molecule has 0 aromatic heterocycles. The van der Waals surface area contributed by atoms with Crippen LogP contribution in [0.3, 0.4) is 0 Å². The zero-order chi connectivity index (χ0) is 14.9. The van der Waals surface area contributed by atoms with Crippen molar-refractivity contribution in [1.29, 1.82) is 0 Å². The number of carbonyl (C=O) groups excluding carboxylic acids is 1. The molecule has 0 saturated heterocycles. The molecule has 0 rings (SSSR count). The Kier molecular flexibility index (Phi) is 9.25. The molecule has 0 amide bonds. The van der Waals surface area contributed by atoms with Crippen molar-refractivity contribution in [3.63, 3.8) is 0 Å². The van der Waals surface area contributed by atoms with E-state index in [0.29, 0.717) is 25.9 Å². The van der Waals surface area contributed by atoms with Crippen molar-refractivity contribution in [1.82, 2.24) is 0 Å². The summed E-state index contributed by atoms with van der Waals surface area (Å²) in [6.45, 7) is 12.8. The third-order valence-corrected chi connectivity index (χ3v) is 5.69. The lowest BCUT2D eigenvalue weighted by atomic mass is 10.1. The second kappa shape index (κ2) is 9.47. The van der Waals surface area contributed by atoms with Crippen LogP contribution >= 0.6 is 0 Å². The van der Waals surface area contributed by atoms with Crippen LogP contribution in [0.1, 0.15) is 41.5 Å². The van der Waals surface area contributed by atoms with E-state index in [9.17, 15) is 4.79 Å². The van der Waals surface area contributed by atoms with E-state index in [0.717, 1.165) is 0 Å². The first-order valence-corrected chi connectivity index (χ1v) is 8.93. The molecule has 19 heavy (non-hydrogen) atoms. The van der Waals surface area contributed by atoms with E-state index in [4.69, 9.17) is 18.0 Å². The van der Waals surface area contributed by atoms with E-state index in [-0.39, 0.29) is 18.0 Å². The Balaban J connectivity index is 4.94. The Bertz CT molecular complexity index is 240. The molecule has 5 nitrogen and oxygen atoms in total. The van der Waals surface area contributed by atoms with Crippen LogP contribution in [0.2, 0.25) is 6.04 Å². The van der Waals surface area contributed by atoms with Gasteiger partial charge in [0.05, 0.1) is 6.04 Å². The van der Waals surface area contributed by atoms with E-state index in [2.05, 4.69) is 0 Å². The maximum Gasteiger partial charge on any atom is 0.504 e. The minimum atomic E-state index is -2.77. The Morgan fingerprint density at radius 3 is 1.68 bits per heavy atom. The molecule has 0 aliphatic heterocycles. The highest BCUT2D eigenvalue weighted by Crippen LogP contribution is 2.24. The first kappa shape index (κ1) is 18.6. The number of carbonyl (C=O) groups is 1. The largest absolute Gasteiger partial charge is 0.504 e. The highest BCUT2D eigenvalue weighted by Gasteiger charge is 2.44. The standard InChI is InChI=1S/C13H28O5Si/c1-7-15-19(16-8-2,17-9-3)10-13(11(4)5)18-12(6)14/h11,13H,7-10H2,1-6H3. The molecule has 0 heterocycles. The van der Waals surface area contributed by atoms with Crippen molar-refractivity contribution in [2.75, 3.05) is 19.8 Å². The average molecular weight is 292 g/mol. The third kappa shape index (κ3) is 7.05. The van der Waals surface area contributed by atoms with Gasteiger partial charge >= 0.3 is 14.8 Å². The summed E-state index contributed by atoms with van der Waals surface area (Å²) >= 11 is 0. The fourth-order valence-corrected chi connectivity index (χ4v) is 4.81. The second-order valence-electron chi connectivity index (χ2n) is 4.58. The zero-order valence-corrected chi connectivity index (χ0v) is 14.0. The van der Waals surface area contributed by atoms with Gasteiger partial charge < -0.3 is 18.0 Å². The quantitative estimate of drug-likeness (QED) is 0.457. The van der Waals surface area contributed by atoms with Gasteiger partial charge in [-0.25, -0.2) is 0 Å². The van der Waals surface area contributed by atoms with E-state index in [1.165, 1.54) is 6.92 Å². The first-order valence-electron chi connectivity index (χ1n) is 6.99. The van der Waals surface area contributed by atoms with Crippen LogP contribution in [-0.2, 0) is 22.8 Å². The lowest BCUT2D eigenvalue weighted by Crippen LogP contribution is -2.49. The summed E-state index contributed by atoms with van der Waals surface area (Å²) in [5, 5.41) is 0. The number of rotatable bonds is 10. The Morgan fingerprint density at radius 1 is 1.00 bits per heavy atom. The monoisotopic (exact) mass is 292 g/mol. The summed E-state index contributed by atoms with van der Waals surface area (Å²) in [6, 6.07) is 0.500. The van der Waals surface area contributed by atoms with Crippen molar-refractivity contribution in [3.05, 3.63) is 0 Å². The lowest BCUT2D eigenvalue weighted by Gasteiger charge is -2.32. The summed E-state index contributed by atoms with van der Waals surface area (Å²) < 4.78 is 22.7. The minimum absolute atomic E-state index is 0.192. The number of ether oxygens (including phenoxy) is 1. The third-order valence-electron chi connectivity index (χ3n) is 2.60. The molecule has 114 valence electrons. The first-order chi connectivity index (χ1) is 8.90. The Labute approximate surface area is 117 Å². The molecule has 0 radical (unpaired) electrons. The molecule has 0 aromatic carbocycles. The van der Waals surface area contributed by atoms with Gasteiger partial charge in [-0.3, -0.25) is 4.79 Å². The topological polar surface area (TPSA) is 54.0 Å². The van der Waals surface area contributed by atoms with Gasteiger partial charge in [-0.1, -0.05) is 13.8 Å². The molecule has 0 aliphatic carbocycles. The van der Waals surface area contributed by atoms with Gasteiger partial charge in [-0.15, -0.1) is 0 Å². The second-order valence-corrected chi connectivity index (χ2v) is 7.22. The summed E-state index contributed by atoms with van der Waals surface area (Å²) in [4.78, 5) is 11.2. The summed E-state index contributed by atoms with van der Waals surface area (Å²) in [7, 11) is -2.77. The number of esters is 1. The number of hydrogen-bond acceptors (Lipinski definition) is 5. The molecule has 0 saturated carbocycles. The van der Waals surface area contributed by atoms with Gasteiger partial charge in [0.25, 0.3) is 0 Å². The van der Waals surface area contributed by atoms with Gasteiger partial charge in [0.15, 0.2) is 0 Å².